The topological polar surface area (TPSA) is 85.3 Å². The molecule has 33 heavy (non-hydrogen) atoms. The van der Waals surface area contributed by atoms with Gasteiger partial charge < -0.3 is 19.9 Å². The highest BCUT2D eigenvalue weighted by molar-refractivity contribution is 6.90. The summed E-state index contributed by atoms with van der Waals surface area (Å²) < 4.78 is 7.17. The lowest BCUT2D eigenvalue weighted by Crippen LogP contribution is -2.41. The van der Waals surface area contributed by atoms with Crippen LogP contribution >= 0.6 is 0 Å². The third-order valence-corrected chi connectivity index (χ3v) is 7.43. The van der Waals surface area contributed by atoms with E-state index in [4.69, 9.17) is 4.74 Å². The van der Waals surface area contributed by atoms with E-state index in [1.807, 2.05) is 54.1 Å². The number of carbonyl (C=O) groups excluding carboxylic acids is 2. The largest absolute Gasteiger partial charge is 0.497 e. The maximum atomic E-state index is 13.2. The number of methoxy groups -OCH3 is 1. The number of aromatic nitrogens is 2. The summed E-state index contributed by atoms with van der Waals surface area (Å²) in [5.74, 6) is 1.28. The number of anilines is 2. The zero-order valence-electron chi connectivity index (χ0n) is 20.2. The molecule has 3 rings (SSSR count). The molecule has 2 aromatic carbocycles. The van der Waals surface area contributed by atoms with Gasteiger partial charge >= 0.3 is 0 Å². The second-order valence-corrected chi connectivity index (χ2v) is 14.0. The molecule has 1 aromatic heterocycles. The highest BCUT2D eigenvalue weighted by atomic mass is 28.3. The Morgan fingerprint density at radius 3 is 2.33 bits per heavy atom. The minimum Gasteiger partial charge on any atom is -0.497 e. The number of nitrogens with one attached hydrogen (secondary N) is 2. The number of hydrogen-bond acceptors (Lipinski definition) is 4. The molecule has 2 N–H and O–H groups in total. The van der Waals surface area contributed by atoms with Gasteiger partial charge in [-0.1, -0.05) is 44.8 Å². The number of imidazole rings is 1. The first-order valence-corrected chi connectivity index (χ1v) is 14.5. The quantitative estimate of drug-likeness (QED) is 0.488. The number of amides is 2. The predicted molar refractivity (Wildman–Crippen MR) is 136 cm³/mol. The van der Waals surface area contributed by atoms with Gasteiger partial charge in [0, 0.05) is 37.0 Å². The fraction of sp³-hybridized carbons (Fsp3) is 0.320. The average Bonchev–Trinajstić information content (AvgIpc) is 3.19. The van der Waals surface area contributed by atoms with Crippen molar-refractivity contribution < 1.29 is 14.3 Å². The molecule has 0 fully saturated rings. The van der Waals surface area contributed by atoms with Crippen LogP contribution in [0.1, 0.15) is 19.7 Å². The van der Waals surface area contributed by atoms with Gasteiger partial charge in [-0.25, -0.2) is 4.98 Å². The molecule has 0 aliphatic heterocycles. The summed E-state index contributed by atoms with van der Waals surface area (Å²) in [5.41, 5.74) is 3.07. The molecule has 0 saturated carbocycles. The molecule has 174 valence electrons. The van der Waals surface area contributed by atoms with Crippen molar-refractivity contribution in [1.82, 2.24) is 9.55 Å². The van der Waals surface area contributed by atoms with Crippen LogP contribution in [-0.4, -0.2) is 36.5 Å². The SMILES string of the molecule is CCc1nccn1CC(=O)Nc1c([Si](C)(C)C)ccc(NC(C)=O)c1-c1ccc(OC)cc1. The van der Waals surface area contributed by atoms with E-state index in [2.05, 4.69) is 35.3 Å². The molecule has 0 unspecified atom stereocenters. The van der Waals surface area contributed by atoms with Crippen LogP contribution in [0.25, 0.3) is 11.1 Å². The number of benzene rings is 2. The van der Waals surface area contributed by atoms with E-state index in [1.54, 1.807) is 13.3 Å². The smallest absolute Gasteiger partial charge is 0.244 e. The first-order valence-electron chi connectivity index (χ1n) is 11.0. The molecule has 0 aliphatic rings. The third kappa shape index (κ3) is 5.70. The molecule has 2 amide bonds. The number of hydrogen-bond donors (Lipinski definition) is 2. The normalized spacial score (nSPS) is 11.2. The van der Waals surface area contributed by atoms with Gasteiger partial charge in [0.15, 0.2) is 0 Å². The van der Waals surface area contributed by atoms with Crippen LogP contribution in [0.15, 0.2) is 48.8 Å². The standard InChI is InChI=1S/C25H32N4O3Si/c1-7-22-26-14-15-29(22)16-23(31)28-25-21(33(4,5)6)13-12-20(27-17(2)30)24(25)18-8-10-19(32-3)11-9-18/h8-15H,7,16H2,1-6H3,(H,27,30)(H,28,31). The number of nitrogens with zero attached hydrogens (tertiary/aromatic N) is 2. The summed E-state index contributed by atoms with van der Waals surface area (Å²) >= 11 is 0. The van der Waals surface area contributed by atoms with Crippen molar-refractivity contribution in [3.05, 3.63) is 54.6 Å². The molecule has 8 heteroatoms. The van der Waals surface area contributed by atoms with Crippen molar-refractivity contribution in [2.24, 2.45) is 0 Å². The Kier molecular flexibility index (Phi) is 7.38. The zero-order valence-corrected chi connectivity index (χ0v) is 21.2. The Morgan fingerprint density at radius 2 is 1.76 bits per heavy atom. The third-order valence-electron chi connectivity index (χ3n) is 5.40. The van der Waals surface area contributed by atoms with Gasteiger partial charge in [0.25, 0.3) is 0 Å². The Bertz CT molecular complexity index is 1150. The van der Waals surface area contributed by atoms with E-state index < -0.39 is 8.07 Å². The molecule has 1 heterocycles. The number of rotatable bonds is 8. The molecule has 0 atom stereocenters. The van der Waals surface area contributed by atoms with Crippen LogP contribution in [0.2, 0.25) is 19.6 Å². The molecule has 7 nitrogen and oxygen atoms in total. The zero-order chi connectivity index (χ0) is 24.2. The van der Waals surface area contributed by atoms with Crippen molar-refractivity contribution in [1.29, 1.82) is 0 Å². The first-order chi connectivity index (χ1) is 15.6. The van der Waals surface area contributed by atoms with Crippen molar-refractivity contribution in [2.75, 3.05) is 17.7 Å². The summed E-state index contributed by atoms with van der Waals surface area (Å²) in [6, 6.07) is 11.6. The van der Waals surface area contributed by atoms with Gasteiger partial charge in [0.1, 0.15) is 18.1 Å². The number of aryl methyl sites for hydroxylation is 1. The van der Waals surface area contributed by atoms with Crippen LogP contribution in [0, 0.1) is 0 Å². The average molecular weight is 465 g/mol. The number of carbonyl (C=O) groups is 2. The summed E-state index contributed by atoms with van der Waals surface area (Å²) in [7, 11) is -0.237. The van der Waals surface area contributed by atoms with E-state index in [1.165, 1.54) is 6.92 Å². The van der Waals surface area contributed by atoms with Gasteiger partial charge in [-0.15, -0.1) is 0 Å². The van der Waals surface area contributed by atoms with Gasteiger partial charge in [-0.05, 0) is 28.9 Å². The van der Waals surface area contributed by atoms with E-state index in [0.717, 1.165) is 40.0 Å². The monoisotopic (exact) mass is 464 g/mol. The lowest BCUT2D eigenvalue weighted by atomic mass is 10.0. The maximum absolute atomic E-state index is 13.2. The molecule has 3 aromatic rings. The van der Waals surface area contributed by atoms with E-state index >= 15 is 0 Å². The molecule has 0 spiro atoms. The van der Waals surface area contributed by atoms with E-state index in [0.29, 0.717) is 5.69 Å². The molecular weight excluding hydrogens is 432 g/mol. The second kappa shape index (κ2) is 10.0. The minimum atomic E-state index is -1.86. The Labute approximate surface area is 196 Å². The Hall–Kier alpha value is -3.39. The summed E-state index contributed by atoms with van der Waals surface area (Å²) in [4.78, 5) is 29.5. The van der Waals surface area contributed by atoms with Crippen molar-refractivity contribution in [3.8, 4) is 16.9 Å². The van der Waals surface area contributed by atoms with Crippen LogP contribution in [0.3, 0.4) is 0 Å². The first kappa shape index (κ1) is 24.3. The van der Waals surface area contributed by atoms with Crippen LogP contribution in [-0.2, 0) is 22.6 Å². The summed E-state index contributed by atoms with van der Waals surface area (Å²) in [6.45, 7) is 10.4. The van der Waals surface area contributed by atoms with E-state index in [9.17, 15) is 9.59 Å². The van der Waals surface area contributed by atoms with Crippen LogP contribution in [0.4, 0.5) is 11.4 Å². The Morgan fingerprint density at radius 1 is 1.06 bits per heavy atom. The predicted octanol–water partition coefficient (Wildman–Crippen LogP) is 4.26. The fourth-order valence-corrected chi connectivity index (χ4v) is 5.36. The van der Waals surface area contributed by atoms with Gasteiger partial charge in [-0.3, -0.25) is 9.59 Å². The van der Waals surface area contributed by atoms with Crippen LogP contribution in [0.5, 0.6) is 5.75 Å². The van der Waals surface area contributed by atoms with Crippen molar-refractivity contribution >= 4 is 36.4 Å². The van der Waals surface area contributed by atoms with Gasteiger partial charge in [-0.2, -0.15) is 0 Å². The summed E-state index contributed by atoms with van der Waals surface area (Å²) in [5, 5.41) is 7.22. The highest BCUT2D eigenvalue weighted by Gasteiger charge is 2.26. The van der Waals surface area contributed by atoms with Crippen molar-refractivity contribution in [3.63, 3.8) is 0 Å². The van der Waals surface area contributed by atoms with Crippen molar-refractivity contribution in [2.45, 2.75) is 46.5 Å². The summed E-state index contributed by atoms with van der Waals surface area (Å²) in [6.07, 6.45) is 4.27. The van der Waals surface area contributed by atoms with Crippen LogP contribution < -0.4 is 20.6 Å². The highest BCUT2D eigenvalue weighted by Crippen LogP contribution is 2.36. The molecular formula is C25H32N4O3Si. The van der Waals surface area contributed by atoms with Gasteiger partial charge in [0.05, 0.1) is 20.9 Å². The minimum absolute atomic E-state index is 0.142. The second-order valence-electron chi connectivity index (χ2n) is 8.94. The Balaban J connectivity index is 2.14. The molecule has 0 saturated heterocycles. The molecule has 0 radical (unpaired) electrons. The maximum Gasteiger partial charge on any atom is 0.244 e. The lowest BCUT2D eigenvalue weighted by molar-refractivity contribution is -0.117. The van der Waals surface area contributed by atoms with Gasteiger partial charge in [0.2, 0.25) is 11.8 Å². The lowest BCUT2D eigenvalue weighted by Gasteiger charge is -2.26. The number of ether oxygens (including phenoxy) is 1. The van der Waals surface area contributed by atoms with E-state index in [-0.39, 0.29) is 18.4 Å². The fourth-order valence-electron chi connectivity index (χ4n) is 3.84. The molecule has 0 bridgehead atoms. The molecule has 0 aliphatic carbocycles.